The van der Waals surface area contributed by atoms with Crippen LogP contribution in [-0.4, -0.2) is 50.3 Å². The van der Waals surface area contributed by atoms with Gasteiger partial charge in [0.15, 0.2) is 17.2 Å². The molecule has 0 radical (unpaired) electrons. The summed E-state index contributed by atoms with van der Waals surface area (Å²) >= 11 is 0. The summed E-state index contributed by atoms with van der Waals surface area (Å²) in [5.41, 5.74) is 5.20. The van der Waals surface area contributed by atoms with Crippen molar-refractivity contribution in [3.05, 3.63) is 82.4 Å². The SMILES string of the molecule is Cc1ccc(C)c(Nc2c(CN3CCC4(CC3)COc3c(F)cccc34)cnc3c(C(=O)O)cnn23)c1. The van der Waals surface area contributed by atoms with Crippen molar-refractivity contribution in [2.75, 3.05) is 25.0 Å². The zero-order valence-electron chi connectivity index (χ0n) is 20.8. The topological polar surface area (TPSA) is 92.0 Å². The van der Waals surface area contributed by atoms with Crippen molar-refractivity contribution in [2.45, 2.75) is 38.6 Å². The highest BCUT2D eigenvalue weighted by molar-refractivity contribution is 5.94. The smallest absolute Gasteiger partial charge is 0.341 e. The van der Waals surface area contributed by atoms with E-state index in [2.05, 4.69) is 38.5 Å². The van der Waals surface area contributed by atoms with Crippen LogP contribution in [0.3, 0.4) is 0 Å². The van der Waals surface area contributed by atoms with Gasteiger partial charge in [-0.25, -0.2) is 14.2 Å². The Labute approximate surface area is 213 Å². The maximum Gasteiger partial charge on any atom is 0.341 e. The molecule has 1 spiro atoms. The Morgan fingerprint density at radius 3 is 2.78 bits per heavy atom. The molecule has 4 aromatic rings. The van der Waals surface area contributed by atoms with E-state index in [1.54, 1.807) is 16.8 Å². The summed E-state index contributed by atoms with van der Waals surface area (Å²) in [6.45, 7) is 6.82. The average molecular weight is 502 g/mol. The number of carboxylic acids is 1. The minimum atomic E-state index is -1.07. The Morgan fingerprint density at radius 1 is 1.19 bits per heavy atom. The standard InChI is InChI=1S/C28H28FN5O3/c1-17-6-7-18(2)23(12-17)32-25-19(13-30-26-20(27(35)36)14-31-34(25)26)15-33-10-8-28(9-11-33)16-37-24-21(28)4-3-5-22(24)29/h3-7,12-14,32H,8-11,15-16H2,1-2H3,(H,35,36). The number of ether oxygens (including phenoxy) is 1. The number of hydrogen-bond acceptors (Lipinski definition) is 6. The number of carbonyl (C=O) groups is 1. The lowest BCUT2D eigenvalue weighted by Gasteiger charge is -2.38. The Hall–Kier alpha value is -3.98. The highest BCUT2D eigenvalue weighted by Gasteiger charge is 2.44. The van der Waals surface area contributed by atoms with Crippen molar-refractivity contribution < 1.29 is 19.0 Å². The average Bonchev–Trinajstić information content (AvgIpc) is 3.47. The Morgan fingerprint density at radius 2 is 2.00 bits per heavy atom. The fraction of sp³-hybridized carbons (Fsp3) is 0.321. The molecule has 1 fully saturated rings. The van der Waals surface area contributed by atoms with Gasteiger partial charge in [-0.15, -0.1) is 0 Å². The lowest BCUT2D eigenvalue weighted by Crippen LogP contribution is -2.43. The quantitative estimate of drug-likeness (QED) is 0.404. The van der Waals surface area contributed by atoms with Crippen LogP contribution >= 0.6 is 0 Å². The third-order valence-corrected chi connectivity index (χ3v) is 7.72. The molecule has 2 aliphatic rings. The maximum atomic E-state index is 14.3. The Kier molecular flexibility index (Phi) is 5.60. The van der Waals surface area contributed by atoms with Gasteiger partial charge < -0.3 is 15.2 Å². The molecule has 4 heterocycles. The molecule has 9 heteroatoms. The molecule has 0 atom stereocenters. The lowest BCUT2D eigenvalue weighted by molar-refractivity contribution is 0.0698. The number of nitrogens with zero attached hydrogens (tertiary/aromatic N) is 4. The van der Waals surface area contributed by atoms with Crippen LogP contribution < -0.4 is 10.1 Å². The number of aromatic nitrogens is 3. The van der Waals surface area contributed by atoms with Gasteiger partial charge in [0, 0.05) is 35.0 Å². The van der Waals surface area contributed by atoms with Crippen molar-refractivity contribution >= 4 is 23.1 Å². The van der Waals surface area contributed by atoms with E-state index in [0.717, 1.165) is 53.9 Å². The summed E-state index contributed by atoms with van der Waals surface area (Å²) in [5.74, 6) is -0.260. The van der Waals surface area contributed by atoms with Gasteiger partial charge in [-0.2, -0.15) is 9.61 Å². The van der Waals surface area contributed by atoms with Crippen LogP contribution in [0.25, 0.3) is 5.65 Å². The second kappa shape index (κ2) is 8.85. The summed E-state index contributed by atoms with van der Waals surface area (Å²) in [6, 6.07) is 11.4. The van der Waals surface area contributed by atoms with Crippen molar-refractivity contribution in [1.82, 2.24) is 19.5 Å². The molecule has 8 nitrogen and oxygen atoms in total. The highest BCUT2D eigenvalue weighted by Crippen LogP contribution is 2.46. The molecule has 0 saturated carbocycles. The number of para-hydroxylation sites is 1. The first-order chi connectivity index (χ1) is 17.8. The molecule has 2 N–H and O–H groups in total. The van der Waals surface area contributed by atoms with E-state index < -0.39 is 5.97 Å². The molecular weight excluding hydrogens is 473 g/mol. The number of nitrogens with one attached hydrogen (secondary N) is 1. The Bertz CT molecular complexity index is 1520. The number of carboxylic acid groups (broad SMARTS) is 1. The highest BCUT2D eigenvalue weighted by atomic mass is 19.1. The van der Waals surface area contributed by atoms with E-state index in [-0.39, 0.29) is 16.8 Å². The van der Waals surface area contributed by atoms with Gasteiger partial charge in [0.2, 0.25) is 0 Å². The van der Waals surface area contributed by atoms with E-state index >= 15 is 0 Å². The van der Waals surface area contributed by atoms with Crippen LogP contribution in [0.4, 0.5) is 15.9 Å². The summed E-state index contributed by atoms with van der Waals surface area (Å²) in [5, 5.41) is 17.5. The van der Waals surface area contributed by atoms with E-state index in [1.807, 2.05) is 19.9 Å². The minimum absolute atomic E-state index is 0.0580. The monoisotopic (exact) mass is 501 g/mol. The molecule has 1 saturated heterocycles. The van der Waals surface area contributed by atoms with Crippen molar-refractivity contribution in [3.8, 4) is 5.75 Å². The van der Waals surface area contributed by atoms with Gasteiger partial charge in [-0.05, 0) is 63.0 Å². The first-order valence-electron chi connectivity index (χ1n) is 12.4. The van der Waals surface area contributed by atoms with Gasteiger partial charge in [-0.3, -0.25) is 4.90 Å². The Balaban J connectivity index is 1.30. The fourth-order valence-electron chi connectivity index (χ4n) is 5.52. The van der Waals surface area contributed by atoms with Gasteiger partial charge >= 0.3 is 5.97 Å². The van der Waals surface area contributed by atoms with Crippen LogP contribution in [0.15, 0.2) is 48.8 Å². The van der Waals surface area contributed by atoms with Crippen LogP contribution in [0.1, 0.15) is 45.5 Å². The van der Waals surface area contributed by atoms with E-state index in [1.165, 1.54) is 12.3 Å². The molecule has 0 bridgehead atoms. The number of piperidine rings is 1. The lowest BCUT2D eigenvalue weighted by atomic mass is 9.74. The fourth-order valence-corrected chi connectivity index (χ4v) is 5.52. The van der Waals surface area contributed by atoms with E-state index in [0.29, 0.717) is 30.4 Å². The minimum Gasteiger partial charge on any atom is -0.489 e. The maximum absolute atomic E-state index is 14.3. The first-order valence-corrected chi connectivity index (χ1v) is 12.4. The number of fused-ring (bicyclic) bond motifs is 3. The molecule has 2 aromatic heterocycles. The number of aromatic carboxylic acids is 1. The molecule has 0 aliphatic carbocycles. The van der Waals surface area contributed by atoms with Gasteiger partial charge in [0.25, 0.3) is 0 Å². The number of halogens is 1. The van der Waals surface area contributed by atoms with Crippen LogP contribution in [0.5, 0.6) is 5.75 Å². The molecule has 2 aromatic carbocycles. The summed E-state index contributed by atoms with van der Waals surface area (Å²) in [4.78, 5) is 18.5. The van der Waals surface area contributed by atoms with Crippen molar-refractivity contribution in [3.63, 3.8) is 0 Å². The number of aryl methyl sites for hydroxylation is 2. The second-order valence-corrected chi connectivity index (χ2v) is 10.1. The second-order valence-electron chi connectivity index (χ2n) is 10.1. The zero-order chi connectivity index (χ0) is 25.7. The van der Waals surface area contributed by atoms with E-state index in [9.17, 15) is 14.3 Å². The summed E-state index contributed by atoms with van der Waals surface area (Å²) < 4.78 is 21.6. The normalized spacial score (nSPS) is 16.6. The molecule has 2 aliphatic heterocycles. The van der Waals surface area contributed by atoms with Crippen molar-refractivity contribution in [1.29, 1.82) is 0 Å². The first kappa shape index (κ1) is 23.4. The van der Waals surface area contributed by atoms with Gasteiger partial charge in [-0.1, -0.05) is 24.3 Å². The molecule has 6 rings (SSSR count). The molecular formula is C28H28FN5O3. The van der Waals surface area contributed by atoms with Crippen LogP contribution in [0.2, 0.25) is 0 Å². The predicted molar refractivity (Wildman–Crippen MR) is 137 cm³/mol. The largest absolute Gasteiger partial charge is 0.489 e. The molecule has 0 amide bonds. The third kappa shape index (κ3) is 3.99. The third-order valence-electron chi connectivity index (χ3n) is 7.72. The van der Waals surface area contributed by atoms with E-state index in [4.69, 9.17) is 4.74 Å². The molecule has 190 valence electrons. The number of benzene rings is 2. The zero-order valence-corrected chi connectivity index (χ0v) is 20.8. The van der Waals surface area contributed by atoms with Gasteiger partial charge in [0.1, 0.15) is 11.4 Å². The van der Waals surface area contributed by atoms with Gasteiger partial charge in [0.05, 0.1) is 12.8 Å². The summed E-state index contributed by atoms with van der Waals surface area (Å²) in [7, 11) is 0. The van der Waals surface area contributed by atoms with Crippen molar-refractivity contribution in [2.24, 2.45) is 0 Å². The number of rotatable bonds is 5. The predicted octanol–water partition coefficient (Wildman–Crippen LogP) is 4.85. The number of likely N-dealkylation sites (tertiary alicyclic amines) is 1. The number of hydrogen-bond donors (Lipinski definition) is 2. The summed E-state index contributed by atoms with van der Waals surface area (Å²) in [6.07, 6.45) is 4.81. The van der Waals surface area contributed by atoms with Crippen LogP contribution in [-0.2, 0) is 12.0 Å². The van der Waals surface area contributed by atoms with Crippen LogP contribution in [0, 0.1) is 19.7 Å². The number of anilines is 2. The molecule has 37 heavy (non-hydrogen) atoms. The molecule has 0 unspecified atom stereocenters.